The maximum absolute atomic E-state index is 12.4. The molecular weight excluding hydrogens is 416 g/mol. The van der Waals surface area contributed by atoms with E-state index < -0.39 is 15.3 Å². The number of carbonyl (C=O) groups is 1. The Labute approximate surface area is 186 Å². The molecule has 0 atom stereocenters. The molecule has 1 saturated heterocycles. The number of nitrogens with zero attached hydrogens (tertiary/aromatic N) is 2. The summed E-state index contributed by atoms with van der Waals surface area (Å²) in [6, 6.07) is 5.99. The lowest BCUT2D eigenvalue weighted by molar-refractivity contribution is 0.0637. The number of ether oxygens (including phenoxy) is 2. The molecule has 31 heavy (non-hydrogen) atoms. The van der Waals surface area contributed by atoms with Crippen molar-refractivity contribution < 1.29 is 22.7 Å². The monoisotopic (exact) mass is 452 g/mol. The van der Waals surface area contributed by atoms with Crippen LogP contribution in [0.5, 0.6) is 5.75 Å². The second-order valence-corrected chi connectivity index (χ2v) is 11.6. The van der Waals surface area contributed by atoms with E-state index in [0.717, 1.165) is 43.7 Å². The zero-order valence-corrected chi connectivity index (χ0v) is 20.0. The lowest BCUT2D eigenvalue weighted by Gasteiger charge is -2.32. The summed E-state index contributed by atoms with van der Waals surface area (Å²) < 4.78 is 37.7. The van der Waals surface area contributed by atoms with Crippen molar-refractivity contribution in [3.8, 4) is 5.75 Å². The third-order valence-electron chi connectivity index (χ3n) is 6.11. The van der Waals surface area contributed by atoms with Crippen LogP contribution in [0.3, 0.4) is 0 Å². The second-order valence-electron chi connectivity index (χ2n) is 9.11. The van der Waals surface area contributed by atoms with Crippen LogP contribution in [0, 0.1) is 5.92 Å². The second kappa shape index (κ2) is 10.2. The average molecular weight is 453 g/mol. The van der Waals surface area contributed by atoms with E-state index in [-0.39, 0.29) is 12.2 Å². The number of sulfonamides is 1. The topological polar surface area (TPSA) is 76.2 Å². The Morgan fingerprint density at radius 1 is 1.10 bits per heavy atom. The predicted octanol–water partition coefficient (Wildman–Crippen LogP) is 3.81. The summed E-state index contributed by atoms with van der Waals surface area (Å²) in [5, 5.41) is -0.399. The van der Waals surface area contributed by atoms with Crippen molar-refractivity contribution in [3.05, 3.63) is 29.3 Å². The van der Waals surface area contributed by atoms with Gasteiger partial charge in [-0.05, 0) is 82.6 Å². The normalized spacial score (nSPS) is 18.3. The quantitative estimate of drug-likeness (QED) is 0.629. The molecule has 0 aliphatic carbocycles. The van der Waals surface area contributed by atoms with Crippen molar-refractivity contribution in [3.63, 3.8) is 0 Å². The molecule has 174 valence electrons. The minimum atomic E-state index is -3.23. The zero-order chi connectivity index (χ0) is 22.6. The Balaban J connectivity index is 1.44. The predicted molar refractivity (Wildman–Crippen MR) is 121 cm³/mol. The maximum Gasteiger partial charge on any atom is 0.410 e. The van der Waals surface area contributed by atoms with Gasteiger partial charge in [-0.25, -0.2) is 13.2 Å². The molecule has 0 aromatic heterocycles. The van der Waals surface area contributed by atoms with Crippen molar-refractivity contribution in [2.24, 2.45) is 5.92 Å². The van der Waals surface area contributed by atoms with Gasteiger partial charge >= 0.3 is 6.09 Å². The van der Waals surface area contributed by atoms with Gasteiger partial charge in [-0.1, -0.05) is 6.07 Å². The number of benzene rings is 1. The van der Waals surface area contributed by atoms with Gasteiger partial charge in [0.05, 0.1) is 18.0 Å². The molecule has 0 spiro atoms. The maximum atomic E-state index is 12.4. The molecule has 0 unspecified atom stereocenters. The van der Waals surface area contributed by atoms with Gasteiger partial charge in [-0.3, -0.25) is 0 Å². The molecule has 1 aromatic carbocycles. The minimum Gasteiger partial charge on any atom is -0.494 e. The van der Waals surface area contributed by atoms with E-state index in [1.165, 1.54) is 5.56 Å². The fraction of sp³-hybridized carbons (Fsp3) is 0.696. The Morgan fingerprint density at radius 2 is 1.81 bits per heavy atom. The summed E-state index contributed by atoms with van der Waals surface area (Å²) >= 11 is 0. The van der Waals surface area contributed by atoms with Crippen molar-refractivity contribution in [1.29, 1.82) is 0 Å². The van der Waals surface area contributed by atoms with Gasteiger partial charge in [-0.15, -0.1) is 0 Å². The van der Waals surface area contributed by atoms with Crippen LogP contribution in [0.1, 0.15) is 58.1 Å². The van der Waals surface area contributed by atoms with Crippen molar-refractivity contribution in [2.45, 2.75) is 71.3 Å². The molecular formula is C23H36N2O5S. The SMILES string of the molecule is CC(C)OC(=O)N1CCC(CCOc2ccc3c(c2)CCN(S(=O)(=O)C(C)C)C3)CC1. The fourth-order valence-electron chi connectivity index (χ4n) is 4.13. The molecule has 3 rings (SSSR count). The van der Waals surface area contributed by atoms with Gasteiger partial charge in [0.15, 0.2) is 0 Å². The van der Waals surface area contributed by atoms with Crippen molar-refractivity contribution >= 4 is 16.1 Å². The third-order valence-corrected chi connectivity index (χ3v) is 8.34. The highest BCUT2D eigenvalue weighted by Crippen LogP contribution is 2.27. The Kier molecular flexibility index (Phi) is 7.86. The highest BCUT2D eigenvalue weighted by molar-refractivity contribution is 7.89. The Morgan fingerprint density at radius 3 is 2.45 bits per heavy atom. The number of rotatable bonds is 7. The largest absolute Gasteiger partial charge is 0.494 e. The Bertz CT molecular complexity index is 861. The average Bonchev–Trinajstić information content (AvgIpc) is 2.73. The molecule has 2 aliphatic rings. The number of piperidine rings is 1. The third kappa shape index (κ3) is 6.13. The molecule has 2 aliphatic heterocycles. The van der Waals surface area contributed by atoms with Gasteiger partial charge in [0, 0.05) is 26.2 Å². The van der Waals surface area contributed by atoms with Crippen LogP contribution in [0.15, 0.2) is 18.2 Å². The van der Waals surface area contributed by atoms with Gasteiger partial charge in [0.1, 0.15) is 5.75 Å². The van der Waals surface area contributed by atoms with E-state index in [9.17, 15) is 13.2 Å². The van der Waals surface area contributed by atoms with Crippen LogP contribution in [-0.2, 0) is 27.7 Å². The van der Waals surface area contributed by atoms with E-state index in [0.29, 0.717) is 32.0 Å². The van der Waals surface area contributed by atoms with Crippen LogP contribution in [-0.4, -0.2) is 61.3 Å². The molecule has 7 nitrogen and oxygen atoms in total. The van der Waals surface area contributed by atoms with E-state index in [1.54, 1.807) is 23.1 Å². The van der Waals surface area contributed by atoms with Crippen LogP contribution in [0.25, 0.3) is 0 Å². The number of fused-ring (bicyclic) bond motifs is 1. The summed E-state index contributed by atoms with van der Waals surface area (Å²) in [6.07, 6.45) is 3.33. The first kappa shape index (κ1) is 23.9. The zero-order valence-electron chi connectivity index (χ0n) is 19.2. The number of carbonyl (C=O) groups excluding carboxylic acids is 1. The molecule has 1 fully saturated rings. The van der Waals surface area contributed by atoms with Gasteiger partial charge in [0.2, 0.25) is 10.0 Å². The fourth-order valence-corrected chi connectivity index (χ4v) is 5.39. The highest BCUT2D eigenvalue weighted by Gasteiger charge is 2.29. The summed E-state index contributed by atoms with van der Waals surface area (Å²) in [5.41, 5.74) is 2.23. The molecule has 2 heterocycles. The van der Waals surface area contributed by atoms with Crippen LogP contribution in [0.4, 0.5) is 4.79 Å². The lowest BCUT2D eigenvalue weighted by Crippen LogP contribution is -2.40. The summed E-state index contributed by atoms with van der Waals surface area (Å²) in [6.45, 7) is 10.3. The standard InChI is InChI=1S/C23H36N2O5S/c1-17(2)30-23(26)24-11-7-19(8-12-24)10-14-29-22-6-5-21-16-25(13-9-20(21)15-22)31(27,28)18(3)4/h5-6,15,17-19H,7-14,16H2,1-4H3. The molecule has 8 heteroatoms. The first-order chi connectivity index (χ1) is 14.7. The lowest BCUT2D eigenvalue weighted by atomic mass is 9.94. The molecule has 1 aromatic rings. The summed E-state index contributed by atoms with van der Waals surface area (Å²) in [4.78, 5) is 13.8. The van der Waals surface area contributed by atoms with Crippen molar-refractivity contribution in [2.75, 3.05) is 26.2 Å². The molecule has 0 N–H and O–H groups in total. The minimum absolute atomic E-state index is 0.0853. The van der Waals surface area contributed by atoms with Gasteiger partial charge in [-0.2, -0.15) is 4.31 Å². The van der Waals surface area contributed by atoms with Crippen molar-refractivity contribution in [1.82, 2.24) is 9.21 Å². The number of hydrogen-bond acceptors (Lipinski definition) is 5. The molecule has 0 bridgehead atoms. The van der Waals surface area contributed by atoms with E-state index >= 15 is 0 Å². The first-order valence-corrected chi connectivity index (χ1v) is 12.9. The van der Waals surface area contributed by atoms with Crippen LogP contribution < -0.4 is 4.74 Å². The van der Waals surface area contributed by atoms with E-state index in [4.69, 9.17) is 9.47 Å². The van der Waals surface area contributed by atoms with Gasteiger partial charge < -0.3 is 14.4 Å². The molecule has 0 saturated carbocycles. The number of likely N-dealkylation sites (tertiary alicyclic amines) is 1. The molecule has 1 amide bonds. The van der Waals surface area contributed by atoms with Crippen LogP contribution in [0.2, 0.25) is 0 Å². The summed E-state index contributed by atoms with van der Waals surface area (Å²) in [5.74, 6) is 1.40. The molecule has 0 radical (unpaired) electrons. The first-order valence-electron chi connectivity index (χ1n) is 11.4. The number of amides is 1. The van der Waals surface area contributed by atoms with Crippen LogP contribution >= 0.6 is 0 Å². The summed E-state index contributed by atoms with van der Waals surface area (Å²) in [7, 11) is -3.23. The van der Waals surface area contributed by atoms with E-state index in [2.05, 4.69) is 6.07 Å². The highest BCUT2D eigenvalue weighted by atomic mass is 32.2. The Hall–Kier alpha value is -1.80. The van der Waals surface area contributed by atoms with E-state index in [1.807, 2.05) is 26.0 Å². The smallest absolute Gasteiger partial charge is 0.410 e. The van der Waals surface area contributed by atoms with Gasteiger partial charge in [0.25, 0.3) is 0 Å². The number of hydrogen-bond donors (Lipinski definition) is 0.